The molecule has 7 nitrogen and oxygen atoms in total. The fourth-order valence-corrected chi connectivity index (χ4v) is 3.82. The van der Waals surface area contributed by atoms with Gasteiger partial charge < -0.3 is 19.9 Å². The van der Waals surface area contributed by atoms with Crippen LogP contribution in [0.5, 0.6) is 0 Å². The van der Waals surface area contributed by atoms with E-state index in [9.17, 15) is 14.4 Å². The number of nitrogens with one attached hydrogen (secondary N) is 1. The van der Waals surface area contributed by atoms with Gasteiger partial charge in [-0.1, -0.05) is 6.42 Å². The molecule has 1 N–H and O–H groups in total. The highest BCUT2D eigenvalue weighted by molar-refractivity contribution is 5.86. The number of nitrogens with zero attached hydrogens (tertiary/aromatic N) is 2. The van der Waals surface area contributed by atoms with Crippen molar-refractivity contribution in [3.8, 4) is 0 Å². The summed E-state index contributed by atoms with van der Waals surface area (Å²) in [6.07, 6.45) is 5.22. The van der Waals surface area contributed by atoms with Gasteiger partial charge in [-0.3, -0.25) is 14.4 Å². The summed E-state index contributed by atoms with van der Waals surface area (Å²) in [5, 5.41) is 2.63. The van der Waals surface area contributed by atoms with Crippen molar-refractivity contribution in [3.05, 3.63) is 0 Å². The predicted molar refractivity (Wildman–Crippen MR) is 89.3 cm³/mol. The molecule has 0 aromatic carbocycles. The van der Waals surface area contributed by atoms with Gasteiger partial charge in [-0.25, -0.2) is 0 Å². The molecule has 2 fully saturated rings. The first-order valence-electron chi connectivity index (χ1n) is 8.80. The Morgan fingerprint density at radius 1 is 1.21 bits per heavy atom. The molecule has 3 amide bonds. The van der Waals surface area contributed by atoms with Crippen LogP contribution in [0.1, 0.15) is 44.9 Å². The van der Waals surface area contributed by atoms with E-state index in [1.165, 1.54) is 0 Å². The largest absolute Gasteiger partial charge is 0.382 e. The normalized spacial score (nSPS) is 24.8. The number of hydrogen-bond donors (Lipinski definition) is 1. The van der Waals surface area contributed by atoms with E-state index in [-0.39, 0.29) is 30.7 Å². The standard InChI is InChI=1S/C17H29N3O4/c1-18-14(21)11-17(13-24-2)8-6-10-20(17)16(23)12-19-9-5-3-4-7-15(19)22/h3-13H2,1-2H3,(H,18,21)/t17-/m0/s1. The van der Waals surface area contributed by atoms with Crippen LogP contribution in [-0.4, -0.2) is 73.5 Å². The van der Waals surface area contributed by atoms with Crippen molar-refractivity contribution >= 4 is 17.7 Å². The zero-order chi connectivity index (χ0) is 17.6. The average Bonchev–Trinajstić information content (AvgIpc) is 2.85. The Morgan fingerprint density at radius 2 is 2.00 bits per heavy atom. The van der Waals surface area contributed by atoms with Crippen molar-refractivity contribution in [2.24, 2.45) is 0 Å². The van der Waals surface area contributed by atoms with Crippen molar-refractivity contribution in [2.75, 3.05) is 40.4 Å². The summed E-state index contributed by atoms with van der Waals surface area (Å²) in [6, 6.07) is 0. The first-order valence-corrected chi connectivity index (χ1v) is 8.80. The summed E-state index contributed by atoms with van der Waals surface area (Å²) >= 11 is 0. The topological polar surface area (TPSA) is 79.0 Å². The van der Waals surface area contributed by atoms with Gasteiger partial charge in [0.2, 0.25) is 17.7 Å². The molecule has 2 heterocycles. The van der Waals surface area contributed by atoms with Gasteiger partial charge in [-0.05, 0) is 25.7 Å². The van der Waals surface area contributed by atoms with Gasteiger partial charge in [0.25, 0.3) is 0 Å². The second-order valence-corrected chi connectivity index (χ2v) is 6.78. The summed E-state index contributed by atoms with van der Waals surface area (Å²) in [5.74, 6) is -0.120. The Balaban J connectivity index is 2.09. The second kappa shape index (κ2) is 8.46. The maximum Gasteiger partial charge on any atom is 0.242 e. The van der Waals surface area contributed by atoms with E-state index in [0.29, 0.717) is 26.1 Å². The summed E-state index contributed by atoms with van der Waals surface area (Å²) in [5.41, 5.74) is -0.596. The molecule has 24 heavy (non-hydrogen) atoms. The fraction of sp³-hybridized carbons (Fsp3) is 0.824. The van der Waals surface area contributed by atoms with Crippen LogP contribution in [0.3, 0.4) is 0 Å². The van der Waals surface area contributed by atoms with E-state index >= 15 is 0 Å². The minimum absolute atomic E-state index is 0.0590. The Bertz CT molecular complexity index is 482. The highest BCUT2D eigenvalue weighted by Gasteiger charge is 2.45. The van der Waals surface area contributed by atoms with E-state index in [2.05, 4.69) is 5.32 Å². The molecular formula is C17H29N3O4. The van der Waals surface area contributed by atoms with Crippen LogP contribution in [0.15, 0.2) is 0 Å². The molecule has 0 bridgehead atoms. The molecule has 2 saturated heterocycles. The quantitative estimate of drug-likeness (QED) is 0.766. The Kier molecular flexibility index (Phi) is 6.60. The Labute approximate surface area is 143 Å². The third kappa shape index (κ3) is 4.26. The SMILES string of the molecule is CNC(=O)C[C@]1(COC)CCCN1C(=O)CN1CCCCCC1=O. The number of carbonyl (C=O) groups is 3. The van der Waals surface area contributed by atoms with Gasteiger partial charge >= 0.3 is 0 Å². The maximum atomic E-state index is 12.9. The van der Waals surface area contributed by atoms with Gasteiger partial charge in [-0.15, -0.1) is 0 Å². The van der Waals surface area contributed by atoms with Gasteiger partial charge in [0.1, 0.15) is 0 Å². The molecule has 2 rings (SSSR count). The molecule has 2 aliphatic rings. The third-order valence-electron chi connectivity index (χ3n) is 5.08. The van der Waals surface area contributed by atoms with Crippen LogP contribution >= 0.6 is 0 Å². The van der Waals surface area contributed by atoms with Crippen LogP contribution in [0.4, 0.5) is 0 Å². The predicted octanol–water partition coefficient (Wildman–Crippen LogP) is 0.533. The molecule has 2 aliphatic heterocycles. The number of rotatable bonds is 6. The summed E-state index contributed by atoms with van der Waals surface area (Å²) < 4.78 is 5.33. The van der Waals surface area contributed by atoms with Gasteiger partial charge in [0.05, 0.1) is 25.1 Å². The highest BCUT2D eigenvalue weighted by atomic mass is 16.5. The van der Waals surface area contributed by atoms with Crippen molar-refractivity contribution in [3.63, 3.8) is 0 Å². The lowest BCUT2D eigenvalue weighted by Gasteiger charge is -2.38. The summed E-state index contributed by atoms with van der Waals surface area (Å²) in [7, 11) is 3.19. The summed E-state index contributed by atoms with van der Waals surface area (Å²) in [6.45, 7) is 1.70. The molecule has 0 aromatic rings. The third-order valence-corrected chi connectivity index (χ3v) is 5.08. The maximum absolute atomic E-state index is 12.9. The van der Waals surface area contributed by atoms with Crippen molar-refractivity contribution in [1.29, 1.82) is 0 Å². The van der Waals surface area contributed by atoms with E-state index in [4.69, 9.17) is 4.74 Å². The molecule has 136 valence electrons. The lowest BCUT2D eigenvalue weighted by molar-refractivity contribution is -0.145. The highest BCUT2D eigenvalue weighted by Crippen LogP contribution is 2.33. The molecule has 0 aromatic heterocycles. The smallest absolute Gasteiger partial charge is 0.242 e. The van der Waals surface area contributed by atoms with Crippen LogP contribution < -0.4 is 5.32 Å². The molecule has 7 heteroatoms. The lowest BCUT2D eigenvalue weighted by Crippen LogP contribution is -2.55. The van der Waals surface area contributed by atoms with Crippen molar-refractivity contribution in [1.82, 2.24) is 15.1 Å². The number of ether oxygens (including phenoxy) is 1. The zero-order valence-corrected chi connectivity index (χ0v) is 14.8. The fourth-order valence-electron chi connectivity index (χ4n) is 3.82. The number of hydrogen-bond acceptors (Lipinski definition) is 4. The zero-order valence-electron chi connectivity index (χ0n) is 14.8. The van der Waals surface area contributed by atoms with E-state index in [1.54, 1.807) is 24.0 Å². The monoisotopic (exact) mass is 339 g/mol. The molecule has 0 spiro atoms. The molecular weight excluding hydrogens is 310 g/mol. The van der Waals surface area contributed by atoms with Crippen LogP contribution in [0.2, 0.25) is 0 Å². The minimum Gasteiger partial charge on any atom is -0.382 e. The molecule has 0 saturated carbocycles. The number of carbonyl (C=O) groups excluding carboxylic acids is 3. The molecule has 0 radical (unpaired) electrons. The summed E-state index contributed by atoms with van der Waals surface area (Å²) in [4.78, 5) is 40.4. The van der Waals surface area contributed by atoms with Crippen LogP contribution in [-0.2, 0) is 19.1 Å². The second-order valence-electron chi connectivity index (χ2n) is 6.78. The minimum atomic E-state index is -0.596. The number of methoxy groups -OCH3 is 1. The average molecular weight is 339 g/mol. The Hall–Kier alpha value is -1.63. The van der Waals surface area contributed by atoms with Crippen molar-refractivity contribution < 1.29 is 19.1 Å². The molecule has 0 aliphatic carbocycles. The lowest BCUT2D eigenvalue weighted by atomic mass is 9.92. The van der Waals surface area contributed by atoms with Gasteiger partial charge in [0.15, 0.2) is 0 Å². The van der Waals surface area contributed by atoms with Crippen LogP contribution in [0, 0.1) is 0 Å². The first-order chi connectivity index (χ1) is 11.5. The van der Waals surface area contributed by atoms with Gasteiger partial charge in [-0.2, -0.15) is 0 Å². The first kappa shape index (κ1) is 18.7. The molecule has 0 unspecified atom stereocenters. The van der Waals surface area contributed by atoms with Crippen molar-refractivity contribution in [2.45, 2.75) is 50.5 Å². The Morgan fingerprint density at radius 3 is 2.71 bits per heavy atom. The van der Waals surface area contributed by atoms with Crippen LogP contribution in [0.25, 0.3) is 0 Å². The van der Waals surface area contributed by atoms with Gasteiger partial charge in [0, 0.05) is 33.7 Å². The molecule has 1 atom stereocenters. The van der Waals surface area contributed by atoms with E-state index < -0.39 is 5.54 Å². The number of amides is 3. The van der Waals surface area contributed by atoms with E-state index in [1.807, 2.05) is 0 Å². The van der Waals surface area contributed by atoms with E-state index in [0.717, 1.165) is 32.1 Å². The number of likely N-dealkylation sites (tertiary alicyclic amines) is 2.